The average Bonchev–Trinajstić information content (AvgIpc) is 2.57. The fourth-order valence-electron chi connectivity index (χ4n) is 1.99. The number of nitrogens with zero attached hydrogens (tertiary/aromatic N) is 2. The van der Waals surface area contributed by atoms with Crippen molar-refractivity contribution < 1.29 is 13.2 Å². The Labute approximate surface area is 96.0 Å². The van der Waals surface area contributed by atoms with E-state index in [1.54, 1.807) is 12.1 Å². The van der Waals surface area contributed by atoms with E-state index in [9.17, 15) is 13.2 Å². The van der Waals surface area contributed by atoms with Crippen LogP contribution in [0.15, 0.2) is 18.2 Å². The molecule has 17 heavy (non-hydrogen) atoms. The number of benzene rings is 1. The summed E-state index contributed by atoms with van der Waals surface area (Å²) in [6.45, 7) is 0.394. The van der Waals surface area contributed by atoms with Crippen LogP contribution < -0.4 is 5.73 Å². The minimum Gasteiger partial charge on any atom is -0.330 e. The molecule has 0 spiro atoms. The van der Waals surface area contributed by atoms with Gasteiger partial charge in [-0.2, -0.15) is 18.3 Å². The lowest BCUT2D eigenvalue weighted by molar-refractivity contribution is -0.140. The van der Waals surface area contributed by atoms with Gasteiger partial charge in [-0.15, -0.1) is 0 Å². The van der Waals surface area contributed by atoms with E-state index in [-0.39, 0.29) is 5.39 Å². The molecule has 0 aliphatic carbocycles. The fourth-order valence-corrected chi connectivity index (χ4v) is 1.99. The molecule has 0 atom stereocenters. The van der Waals surface area contributed by atoms with Gasteiger partial charge in [-0.25, -0.2) is 0 Å². The van der Waals surface area contributed by atoms with Crippen molar-refractivity contribution in [3.05, 3.63) is 29.5 Å². The van der Waals surface area contributed by atoms with Gasteiger partial charge in [-0.05, 0) is 18.5 Å². The first-order valence-corrected chi connectivity index (χ1v) is 5.17. The normalized spacial score (nSPS) is 12.3. The number of rotatable bonds is 2. The van der Waals surface area contributed by atoms with Crippen LogP contribution in [0.1, 0.15) is 11.3 Å². The fraction of sp³-hybridized carbons (Fsp3) is 0.364. The first-order chi connectivity index (χ1) is 7.95. The second kappa shape index (κ2) is 4.03. The second-order valence-electron chi connectivity index (χ2n) is 3.82. The first-order valence-electron chi connectivity index (χ1n) is 5.17. The van der Waals surface area contributed by atoms with Gasteiger partial charge >= 0.3 is 6.18 Å². The zero-order valence-electron chi connectivity index (χ0n) is 9.25. The molecule has 0 saturated heterocycles. The van der Waals surface area contributed by atoms with Crippen LogP contribution in [0.3, 0.4) is 0 Å². The first kappa shape index (κ1) is 11.9. The monoisotopic (exact) mass is 243 g/mol. The Morgan fingerprint density at radius 3 is 2.65 bits per heavy atom. The van der Waals surface area contributed by atoms with E-state index < -0.39 is 11.9 Å². The summed E-state index contributed by atoms with van der Waals surface area (Å²) in [5.74, 6) is 0. The Kier molecular flexibility index (Phi) is 2.82. The van der Waals surface area contributed by atoms with E-state index in [1.807, 2.05) is 0 Å². The number of hydrogen-bond donors (Lipinski definition) is 1. The van der Waals surface area contributed by atoms with E-state index in [4.69, 9.17) is 5.73 Å². The molecule has 2 aromatic rings. The third-order valence-electron chi connectivity index (χ3n) is 2.63. The minimum absolute atomic E-state index is 0.131. The number of para-hydroxylation sites is 1. The summed E-state index contributed by atoms with van der Waals surface area (Å²) < 4.78 is 39.5. The zero-order valence-corrected chi connectivity index (χ0v) is 9.25. The molecule has 2 N–H and O–H groups in total. The van der Waals surface area contributed by atoms with Crippen LogP contribution >= 0.6 is 0 Å². The highest BCUT2D eigenvalue weighted by Crippen LogP contribution is 2.34. The Hall–Kier alpha value is -1.56. The van der Waals surface area contributed by atoms with Crippen molar-refractivity contribution in [3.8, 4) is 0 Å². The van der Waals surface area contributed by atoms with E-state index in [0.29, 0.717) is 18.5 Å². The highest BCUT2D eigenvalue weighted by Gasteiger charge is 2.36. The summed E-state index contributed by atoms with van der Waals surface area (Å²) in [5, 5.41) is 3.69. The summed E-state index contributed by atoms with van der Waals surface area (Å²) >= 11 is 0. The highest BCUT2D eigenvalue weighted by atomic mass is 19.4. The molecular formula is C11H12F3N3. The number of nitrogens with two attached hydrogens (primary N) is 1. The lowest BCUT2D eigenvalue weighted by atomic mass is 10.1. The third-order valence-corrected chi connectivity index (χ3v) is 2.63. The van der Waals surface area contributed by atoms with E-state index >= 15 is 0 Å². The van der Waals surface area contributed by atoms with Gasteiger partial charge in [0.1, 0.15) is 0 Å². The quantitative estimate of drug-likeness (QED) is 0.877. The Bertz CT molecular complexity index is 543. The molecule has 0 aliphatic rings. The number of halogens is 3. The molecule has 1 aromatic heterocycles. The number of alkyl halides is 3. The molecule has 6 heteroatoms. The molecule has 0 fully saturated rings. The molecule has 2 rings (SSSR count). The van der Waals surface area contributed by atoms with Gasteiger partial charge in [0, 0.05) is 12.4 Å². The summed E-state index contributed by atoms with van der Waals surface area (Å²) in [5.41, 5.74) is 5.90. The maximum Gasteiger partial charge on any atom is 0.435 e. The maximum atomic E-state index is 12.7. The van der Waals surface area contributed by atoms with E-state index in [2.05, 4.69) is 5.10 Å². The van der Waals surface area contributed by atoms with Crippen molar-refractivity contribution in [1.29, 1.82) is 0 Å². The number of aromatic nitrogens is 2. The molecular weight excluding hydrogens is 231 g/mol. The molecule has 0 saturated carbocycles. The van der Waals surface area contributed by atoms with Crippen molar-refractivity contribution in [2.24, 2.45) is 12.8 Å². The predicted octanol–water partition coefficient (Wildman–Crippen LogP) is 2.09. The van der Waals surface area contributed by atoms with Crippen LogP contribution in [0, 0.1) is 0 Å². The van der Waals surface area contributed by atoms with Crippen LogP contribution in [-0.2, 0) is 19.6 Å². The van der Waals surface area contributed by atoms with Gasteiger partial charge in [0.25, 0.3) is 0 Å². The molecule has 0 bridgehead atoms. The van der Waals surface area contributed by atoms with Crippen molar-refractivity contribution in [2.45, 2.75) is 12.6 Å². The van der Waals surface area contributed by atoms with Gasteiger partial charge in [0.15, 0.2) is 5.69 Å². The Morgan fingerprint density at radius 1 is 1.35 bits per heavy atom. The van der Waals surface area contributed by atoms with E-state index in [0.717, 1.165) is 5.56 Å². The SMILES string of the molecule is Cn1nc(C(F)(F)F)c2cccc(CCN)c21. The molecule has 0 amide bonds. The summed E-state index contributed by atoms with van der Waals surface area (Å²) in [6.07, 6.45) is -3.89. The van der Waals surface area contributed by atoms with Crippen LogP contribution in [-0.4, -0.2) is 16.3 Å². The average molecular weight is 243 g/mol. The molecule has 1 aromatic carbocycles. The van der Waals surface area contributed by atoms with E-state index in [1.165, 1.54) is 17.8 Å². The molecule has 0 radical (unpaired) electrons. The summed E-state index contributed by atoms with van der Waals surface area (Å²) in [4.78, 5) is 0. The molecule has 92 valence electrons. The van der Waals surface area contributed by atoms with Crippen molar-refractivity contribution in [3.63, 3.8) is 0 Å². The molecule has 0 aliphatic heterocycles. The third kappa shape index (κ3) is 2.00. The number of aryl methyl sites for hydroxylation is 1. The lowest BCUT2D eigenvalue weighted by Gasteiger charge is -2.04. The van der Waals surface area contributed by atoms with Gasteiger partial charge in [0.05, 0.1) is 5.52 Å². The zero-order chi connectivity index (χ0) is 12.6. The standard InChI is InChI=1S/C11H12F3N3/c1-17-9-7(5-6-15)3-2-4-8(9)10(16-17)11(12,13)14/h2-4H,5-6,15H2,1H3. The molecule has 1 heterocycles. The van der Waals surface area contributed by atoms with Gasteiger partial charge in [0.2, 0.25) is 0 Å². The highest BCUT2D eigenvalue weighted by molar-refractivity contribution is 5.85. The number of hydrogen-bond acceptors (Lipinski definition) is 2. The van der Waals surface area contributed by atoms with Gasteiger partial charge in [-0.1, -0.05) is 18.2 Å². The van der Waals surface area contributed by atoms with Crippen LogP contribution in [0.5, 0.6) is 0 Å². The smallest absolute Gasteiger partial charge is 0.330 e. The van der Waals surface area contributed by atoms with Crippen LogP contribution in [0.4, 0.5) is 13.2 Å². The lowest BCUT2D eigenvalue weighted by Crippen LogP contribution is -2.06. The van der Waals surface area contributed by atoms with Crippen molar-refractivity contribution in [1.82, 2.24) is 9.78 Å². The topological polar surface area (TPSA) is 43.8 Å². The van der Waals surface area contributed by atoms with Crippen LogP contribution in [0.2, 0.25) is 0 Å². The molecule has 0 unspecified atom stereocenters. The van der Waals surface area contributed by atoms with Crippen LogP contribution in [0.25, 0.3) is 10.9 Å². The van der Waals surface area contributed by atoms with Crippen molar-refractivity contribution in [2.75, 3.05) is 6.54 Å². The predicted molar refractivity (Wildman–Crippen MR) is 58.5 cm³/mol. The maximum absolute atomic E-state index is 12.7. The number of fused-ring (bicyclic) bond motifs is 1. The van der Waals surface area contributed by atoms with Gasteiger partial charge < -0.3 is 5.73 Å². The summed E-state index contributed by atoms with van der Waals surface area (Å²) in [7, 11) is 1.51. The summed E-state index contributed by atoms with van der Waals surface area (Å²) in [6, 6.07) is 4.81. The molecule has 3 nitrogen and oxygen atoms in total. The Morgan fingerprint density at radius 2 is 2.06 bits per heavy atom. The van der Waals surface area contributed by atoms with Crippen molar-refractivity contribution >= 4 is 10.9 Å². The van der Waals surface area contributed by atoms with Gasteiger partial charge in [-0.3, -0.25) is 4.68 Å². The minimum atomic E-state index is -4.43. The Balaban J connectivity index is 2.72. The second-order valence-corrected chi connectivity index (χ2v) is 3.82. The largest absolute Gasteiger partial charge is 0.435 e.